The molecule has 19 heavy (non-hydrogen) atoms. The summed E-state index contributed by atoms with van der Waals surface area (Å²) in [7, 11) is 1.78. The number of thiophene rings is 1. The van der Waals surface area contributed by atoms with Crippen LogP contribution in [0.5, 0.6) is 0 Å². The molecule has 1 aliphatic heterocycles. The molecule has 2 heterocycles. The van der Waals surface area contributed by atoms with Crippen LogP contribution in [0.4, 0.5) is 0 Å². The molecule has 108 valence electrons. The van der Waals surface area contributed by atoms with Crippen LogP contribution in [0.15, 0.2) is 15.9 Å². The van der Waals surface area contributed by atoms with Gasteiger partial charge in [0.2, 0.25) is 0 Å². The number of hydrogen-bond acceptors (Lipinski definition) is 4. The van der Waals surface area contributed by atoms with Crippen LogP contribution >= 0.6 is 27.3 Å². The maximum atomic E-state index is 5.26. The second-order valence-corrected chi connectivity index (χ2v) is 6.98. The van der Waals surface area contributed by atoms with E-state index in [0.717, 1.165) is 19.7 Å². The molecule has 2 rings (SSSR count). The molecular formula is C14H23BrN2OS. The van der Waals surface area contributed by atoms with Gasteiger partial charge in [0.25, 0.3) is 0 Å². The van der Waals surface area contributed by atoms with E-state index in [9.17, 15) is 0 Å². The first kappa shape index (κ1) is 15.4. The first-order valence-electron chi connectivity index (χ1n) is 6.91. The Kier molecular flexibility index (Phi) is 6.29. The fraction of sp³-hybridized carbons (Fsp3) is 0.714. The zero-order valence-electron chi connectivity index (χ0n) is 11.7. The summed E-state index contributed by atoms with van der Waals surface area (Å²) in [4.78, 5) is 3.95. The summed E-state index contributed by atoms with van der Waals surface area (Å²) >= 11 is 5.37. The molecule has 1 aromatic rings. The molecule has 1 saturated heterocycles. The molecule has 0 saturated carbocycles. The molecule has 2 atom stereocenters. The summed E-state index contributed by atoms with van der Waals surface area (Å²) < 4.78 is 6.45. The number of nitrogens with one attached hydrogen (secondary N) is 1. The van der Waals surface area contributed by atoms with Gasteiger partial charge in [-0.05, 0) is 48.3 Å². The number of methoxy groups -OCH3 is 1. The van der Waals surface area contributed by atoms with Crippen molar-refractivity contribution in [1.29, 1.82) is 0 Å². The first-order valence-corrected chi connectivity index (χ1v) is 8.58. The molecule has 0 aromatic carbocycles. The lowest BCUT2D eigenvalue weighted by Gasteiger charge is -2.30. The fourth-order valence-electron chi connectivity index (χ4n) is 2.57. The van der Waals surface area contributed by atoms with Crippen LogP contribution in [-0.2, 0) is 4.74 Å². The van der Waals surface area contributed by atoms with Crippen LogP contribution < -0.4 is 5.32 Å². The molecule has 2 unspecified atom stereocenters. The second kappa shape index (κ2) is 7.74. The number of ether oxygens (including phenoxy) is 1. The third-order valence-corrected chi connectivity index (χ3v) is 5.61. The third-order valence-electron chi connectivity index (χ3n) is 3.75. The maximum absolute atomic E-state index is 5.26. The van der Waals surface area contributed by atoms with E-state index >= 15 is 0 Å². The Labute approximate surface area is 128 Å². The molecule has 0 bridgehead atoms. The molecule has 0 spiro atoms. The molecule has 1 N–H and O–H groups in total. The molecule has 3 nitrogen and oxygen atoms in total. The van der Waals surface area contributed by atoms with Gasteiger partial charge in [-0.25, -0.2) is 0 Å². The second-order valence-electron chi connectivity index (χ2n) is 5.12. The Hall–Kier alpha value is 0.0600. The van der Waals surface area contributed by atoms with E-state index in [1.807, 2.05) is 11.3 Å². The number of halogens is 1. The molecule has 1 aromatic heterocycles. The minimum atomic E-state index is 0.453. The standard InChI is InChI=1S/C14H23BrN2OS/c1-11(14-8-12(15)10-19-14)17(6-7-18-2)9-13-4-3-5-16-13/h8,10-11,13,16H,3-7,9H2,1-2H3. The Balaban J connectivity index is 1.98. The topological polar surface area (TPSA) is 24.5 Å². The van der Waals surface area contributed by atoms with Crippen LogP contribution in [0.1, 0.15) is 30.7 Å². The highest BCUT2D eigenvalue weighted by Gasteiger charge is 2.22. The number of hydrogen-bond donors (Lipinski definition) is 1. The van der Waals surface area contributed by atoms with Gasteiger partial charge in [0, 0.05) is 47.0 Å². The SMILES string of the molecule is COCCN(CC1CCCN1)C(C)c1cc(Br)cs1. The average molecular weight is 347 g/mol. The molecule has 1 aliphatic rings. The molecule has 0 amide bonds. The summed E-state index contributed by atoms with van der Waals surface area (Å²) in [5, 5.41) is 5.75. The van der Waals surface area contributed by atoms with Crippen LogP contribution in [0.25, 0.3) is 0 Å². The summed E-state index contributed by atoms with van der Waals surface area (Å²) in [6.45, 7) is 6.36. The Morgan fingerprint density at radius 3 is 3.05 bits per heavy atom. The lowest BCUT2D eigenvalue weighted by Crippen LogP contribution is -2.40. The van der Waals surface area contributed by atoms with Gasteiger partial charge in [-0.1, -0.05) is 0 Å². The van der Waals surface area contributed by atoms with Crippen LogP contribution in [0.3, 0.4) is 0 Å². The van der Waals surface area contributed by atoms with Gasteiger partial charge in [0.15, 0.2) is 0 Å². The first-order chi connectivity index (χ1) is 9.20. The van der Waals surface area contributed by atoms with Gasteiger partial charge in [0.1, 0.15) is 0 Å². The summed E-state index contributed by atoms with van der Waals surface area (Å²) in [5.74, 6) is 0. The Bertz CT molecular complexity index is 379. The molecule has 0 aliphatic carbocycles. The largest absolute Gasteiger partial charge is 0.383 e. The van der Waals surface area contributed by atoms with Crippen molar-refractivity contribution < 1.29 is 4.74 Å². The van der Waals surface area contributed by atoms with Crippen molar-refractivity contribution in [1.82, 2.24) is 10.2 Å². The van der Waals surface area contributed by atoms with E-state index < -0.39 is 0 Å². The normalized spacial score (nSPS) is 21.2. The number of nitrogens with zero attached hydrogens (tertiary/aromatic N) is 1. The van der Waals surface area contributed by atoms with Crippen molar-refractivity contribution in [2.45, 2.75) is 31.8 Å². The van der Waals surface area contributed by atoms with E-state index in [1.54, 1.807) is 7.11 Å². The lowest BCUT2D eigenvalue weighted by atomic mass is 10.1. The van der Waals surface area contributed by atoms with E-state index in [4.69, 9.17) is 4.74 Å². The summed E-state index contributed by atoms with van der Waals surface area (Å²) in [6, 6.07) is 3.33. The average Bonchev–Trinajstić information content (AvgIpc) is 3.05. The van der Waals surface area contributed by atoms with Gasteiger partial charge < -0.3 is 10.1 Å². The fourth-order valence-corrected chi connectivity index (χ4v) is 4.11. The Morgan fingerprint density at radius 2 is 2.47 bits per heavy atom. The zero-order chi connectivity index (χ0) is 13.7. The lowest BCUT2D eigenvalue weighted by molar-refractivity contribution is 0.119. The van der Waals surface area contributed by atoms with Crippen molar-refractivity contribution in [3.05, 3.63) is 20.8 Å². The number of rotatable bonds is 7. The van der Waals surface area contributed by atoms with E-state index in [2.05, 4.69) is 44.5 Å². The molecular weight excluding hydrogens is 324 g/mol. The quantitative estimate of drug-likeness (QED) is 0.819. The van der Waals surface area contributed by atoms with Crippen molar-refractivity contribution in [2.24, 2.45) is 0 Å². The van der Waals surface area contributed by atoms with Crippen molar-refractivity contribution in [3.63, 3.8) is 0 Å². The summed E-state index contributed by atoms with van der Waals surface area (Å²) in [6.07, 6.45) is 2.60. The molecule has 0 radical (unpaired) electrons. The van der Waals surface area contributed by atoms with Gasteiger partial charge in [-0.3, -0.25) is 4.90 Å². The molecule has 5 heteroatoms. The van der Waals surface area contributed by atoms with Gasteiger partial charge in [0.05, 0.1) is 6.61 Å². The predicted molar refractivity (Wildman–Crippen MR) is 84.9 cm³/mol. The molecule has 1 fully saturated rings. The van der Waals surface area contributed by atoms with Gasteiger partial charge in [-0.15, -0.1) is 11.3 Å². The minimum Gasteiger partial charge on any atom is -0.383 e. The highest BCUT2D eigenvalue weighted by atomic mass is 79.9. The van der Waals surface area contributed by atoms with Crippen LogP contribution in [0.2, 0.25) is 0 Å². The van der Waals surface area contributed by atoms with E-state index in [-0.39, 0.29) is 0 Å². The van der Waals surface area contributed by atoms with Crippen LogP contribution in [-0.4, -0.2) is 44.3 Å². The summed E-state index contributed by atoms with van der Waals surface area (Å²) in [5.41, 5.74) is 0. The van der Waals surface area contributed by atoms with Crippen molar-refractivity contribution >= 4 is 27.3 Å². The monoisotopic (exact) mass is 346 g/mol. The third kappa shape index (κ3) is 4.53. The zero-order valence-corrected chi connectivity index (χ0v) is 14.1. The highest BCUT2D eigenvalue weighted by Crippen LogP contribution is 2.29. The maximum Gasteiger partial charge on any atom is 0.0589 e. The van der Waals surface area contributed by atoms with Gasteiger partial charge >= 0.3 is 0 Å². The Morgan fingerprint density at radius 1 is 1.63 bits per heavy atom. The van der Waals surface area contributed by atoms with Crippen molar-refractivity contribution in [2.75, 3.05) is 33.4 Å². The van der Waals surface area contributed by atoms with Crippen molar-refractivity contribution in [3.8, 4) is 0 Å². The highest BCUT2D eigenvalue weighted by molar-refractivity contribution is 9.10. The predicted octanol–water partition coefficient (Wildman–Crippen LogP) is 3.27. The van der Waals surface area contributed by atoms with Crippen LogP contribution in [0, 0.1) is 0 Å². The van der Waals surface area contributed by atoms with E-state index in [1.165, 1.54) is 28.7 Å². The minimum absolute atomic E-state index is 0.453. The van der Waals surface area contributed by atoms with E-state index in [0.29, 0.717) is 12.1 Å². The smallest absolute Gasteiger partial charge is 0.0589 e. The van der Waals surface area contributed by atoms with Gasteiger partial charge in [-0.2, -0.15) is 0 Å².